The molecule has 0 aliphatic heterocycles. The van der Waals surface area contributed by atoms with E-state index in [0.29, 0.717) is 19.6 Å². The quantitative estimate of drug-likeness (QED) is 0.738. The van der Waals surface area contributed by atoms with E-state index >= 15 is 0 Å². The molecule has 19 heavy (non-hydrogen) atoms. The third-order valence-electron chi connectivity index (χ3n) is 2.48. The molecule has 0 unspecified atom stereocenters. The van der Waals surface area contributed by atoms with Gasteiger partial charge in [-0.2, -0.15) is 0 Å². The molecule has 1 aromatic rings. The largest absolute Gasteiger partial charge is 0.394 e. The van der Waals surface area contributed by atoms with Crippen LogP contribution in [0.2, 0.25) is 0 Å². The highest BCUT2D eigenvalue weighted by molar-refractivity contribution is 5.94. The summed E-state index contributed by atoms with van der Waals surface area (Å²) >= 11 is 0. The standard InChI is InChI=1S/C13H17F2NO3/c1-9-7-12(15)10(8-11(9)14)13(18)16-3-2-5-19-6-4-17/h7-8,17H,2-6H2,1H3,(H,16,18). The summed E-state index contributed by atoms with van der Waals surface area (Å²) in [5.41, 5.74) is -0.147. The zero-order valence-electron chi connectivity index (χ0n) is 10.7. The number of ether oxygens (including phenoxy) is 1. The lowest BCUT2D eigenvalue weighted by Crippen LogP contribution is -2.26. The number of aliphatic hydroxyl groups is 1. The van der Waals surface area contributed by atoms with Gasteiger partial charge in [0.1, 0.15) is 11.6 Å². The molecule has 0 heterocycles. The molecule has 0 aromatic heterocycles. The van der Waals surface area contributed by atoms with Gasteiger partial charge < -0.3 is 15.2 Å². The highest BCUT2D eigenvalue weighted by Gasteiger charge is 2.14. The second-order valence-corrected chi connectivity index (χ2v) is 4.03. The first-order chi connectivity index (χ1) is 9.06. The van der Waals surface area contributed by atoms with Crippen LogP contribution in [0.3, 0.4) is 0 Å². The van der Waals surface area contributed by atoms with Gasteiger partial charge >= 0.3 is 0 Å². The van der Waals surface area contributed by atoms with Crippen LogP contribution in [-0.2, 0) is 4.74 Å². The summed E-state index contributed by atoms with van der Waals surface area (Å²) in [6.07, 6.45) is 0.529. The van der Waals surface area contributed by atoms with Crippen molar-refractivity contribution in [2.24, 2.45) is 0 Å². The topological polar surface area (TPSA) is 58.6 Å². The molecule has 0 bridgehead atoms. The highest BCUT2D eigenvalue weighted by atomic mass is 19.1. The minimum absolute atomic E-state index is 0.0553. The Balaban J connectivity index is 2.43. The van der Waals surface area contributed by atoms with Crippen LogP contribution in [0.1, 0.15) is 22.3 Å². The van der Waals surface area contributed by atoms with Gasteiger partial charge in [-0.15, -0.1) is 0 Å². The number of hydrogen-bond acceptors (Lipinski definition) is 3. The molecule has 2 N–H and O–H groups in total. The maximum Gasteiger partial charge on any atom is 0.254 e. The monoisotopic (exact) mass is 273 g/mol. The Labute approximate surface area is 110 Å². The van der Waals surface area contributed by atoms with Crippen LogP contribution in [-0.4, -0.2) is 37.4 Å². The van der Waals surface area contributed by atoms with E-state index in [1.54, 1.807) is 0 Å². The number of aryl methyl sites for hydroxylation is 1. The zero-order valence-corrected chi connectivity index (χ0v) is 10.7. The van der Waals surface area contributed by atoms with Gasteiger partial charge in [-0.3, -0.25) is 4.79 Å². The minimum Gasteiger partial charge on any atom is -0.394 e. The van der Waals surface area contributed by atoms with Gasteiger partial charge in [0.15, 0.2) is 0 Å². The van der Waals surface area contributed by atoms with Crippen molar-refractivity contribution in [3.63, 3.8) is 0 Å². The lowest BCUT2D eigenvalue weighted by molar-refractivity contribution is 0.0866. The number of hydrogen-bond donors (Lipinski definition) is 2. The van der Waals surface area contributed by atoms with Gasteiger partial charge in [-0.25, -0.2) is 8.78 Å². The van der Waals surface area contributed by atoms with E-state index in [1.807, 2.05) is 0 Å². The molecular formula is C13H17F2NO3. The number of rotatable bonds is 7. The second-order valence-electron chi connectivity index (χ2n) is 4.03. The third kappa shape index (κ3) is 4.92. The number of nitrogens with one attached hydrogen (secondary N) is 1. The van der Waals surface area contributed by atoms with Gasteiger partial charge in [-0.05, 0) is 31.0 Å². The normalized spacial score (nSPS) is 10.5. The first kappa shape index (κ1) is 15.5. The molecule has 0 atom stereocenters. The van der Waals surface area contributed by atoms with E-state index in [0.717, 1.165) is 12.1 Å². The average molecular weight is 273 g/mol. The fourth-order valence-corrected chi connectivity index (χ4v) is 1.46. The van der Waals surface area contributed by atoms with Crippen LogP contribution >= 0.6 is 0 Å². The Morgan fingerprint density at radius 1 is 1.32 bits per heavy atom. The summed E-state index contributed by atoms with van der Waals surface area (Å²) in [4.78, 5) is 11.6. The Morgan fingerprint density at radius 3 is 2.74 bits per heavy atom. The molecular weight excluding hydrogens is 256 g/mol. The predicted octanol–water partition coefficient (Wildman–Crippen LogP) is 1.40. The molecule has 0 aliphatic carbocycles. The van der Waals surface area contributed by atoms with E-state index in [-0.39, 0.29) is 24.3 Å². The van der Waals surface area contributed by atoms with Crippen LogP contribution < -0.4 is 5.32 Å². The molecule has 0 radical (unpaired) electrons. The first-order valence-corrected chi connectivity index (χ1v) is 5.98. The fourth-order valence-electron chi connectivity index (χ4n) is 1.46. The number of carbonyl (C=O) groups is 1. The van der Waals surface area contributed by atoms with Crippen LogP contribution in [0, 0.1) is 18.6 Å². The minimum atomic E-state index is -0.743. The Bertz CT molecular complexity index is 438. The van der Waals surface area contributed by atoms with Crippen molar-refractivity contribution in [2.45, 2.75) is 13.3 Å². The van der Waals surface area contributed by atoms with Crippen molar-refractivity contribution in [3.05, 3.63) is 34.9 Å². The summed E-state index contributed by atoms with van der Waals surface area (Å²) < 4.78 is 31.7. The number of carbonyl (C=O) groups excluding carboxylic acids is 1. The van der Waals surface area contributed by atoms with Crippen LogP contribution in [0.4, 0.5) is 8.78 Å². The van der Waals surface area contributed by atoms with Crippen molar-refractivity contribution >= 4 is 5.91 Å². The van der Waals surface area contributed by atoms with Crippen molar-refractivity contribution in [2.75, 3.05) is 26.4 Å². The highest BCUT2D eigenvalue weighted by Crippen LogP contribution is 2.13. The molecule has 0 saturated carbocycles. The summed E-state index contributed by atoms with van der Waals surface area (Å²) in [7, 11) is 0. The molecule has 106 valence electrons. The van der Waals surface area contributed by atoms with Crippen molar-refractivity contribution in [3.8, 4) is 0 Å². The van der Waals surface area contributed by atoms with Crippen LogP contribution in [0.5, 0.6) is 0 Å². The summed E-state index contributed by atoms with van der Waals surface area (Å²) in [6, 6.07) is 1.89. The maximum atomic E-state index is 13.5. The molecule has 0 saturated heterocycles. The van der Waals surface area contributed by atoms with E-state index < -0.39 is 17.5 Å². The van der Waals surface area contributed by atoms with Gasteiger partial charge in [-0.1, -0.05) is 0 Å². The lowest BCUT2D eigenvalue weighted by atomic mass is 10.1. The third-order valence-corrected chi connectivity index (χ3v) is 2.48. The summed E-state index contributed by atoms with van der Waals surface area (Å²) in [5.74, 6) is -2.01. The first-order valence-electron chi connectivity index (χ1n) is 5.98. The number of aliphatic hydroxyl groups excluding tert-OH is 1. The zero-order chi connectivity index (χ0) is 14.3. The number of benzene rings is 1. The van der Waals surface area contributed by atoms with Crippen molar-refractivity contribution in [1.29, 1.82) is 0 Å². The summed E-state index contributed by atoms with van der Waals surface area (Å²) in [5, 5.41) is 10.9. The molecule has 0 spiro atoms. The van der Waals surface area contributed by atoms with E-state index in [4.69, 9.17) is 9.84 Å². The average Bonchev–Trinajstić information content (AvgIpc) is 2.37. The Hall–Kier alpha value is -1.53. The van der Waals surface area contributed by atoms with E-state index in [9.17, 15) is 13.6 Å². The molecule has 0 fully saturated rings. The van der Waals surface area contributed by atoms with E-state index in [2.05, 4.69) is 5.32 Å². The van der Waals surface area contributed by atoms with Crippen molar-refractivity contribution in [1.82, 2.24) is 5.32 Å². The second kappa shape index (κ2) is 7.81. The predicted molar refractivity (Wildman–Crippen MR) is 66.0 cm³/mol. The maximum absolute atomic E-state index is 13.5. The molecule has 4 nitrogen and oxygen atoms in total. The fraction of sp³-hybridized carbons (Fsp3) is 0.462. The van der Waals surface area contributed by atoms with Gasteiger partial charge in [0.2, 0.25) is 0 Å². The van der Waals surface area contributed by atoms with Crippen molar-refractivity contribution < 1.29 is 23.4 Å². The molecule has 1 amide bonds. The molecule has 1 rings (SSSR count). The SMILES string of the molecule is Cc1cc(F)c(C(=O)NCCCOCCO)cc1F. The van der Waals surface area contributed by atoms with Crippen LogP contribution in [0.25, 0.3) is 0 Å². The Morgan fingerprint density at radius 2 is 2.05 bits per heavy atom. The molecule has 6 heteroatoms. The number of halogens is 2. The van der Waals surface area contributed by atoms with Crippen LogP contribution in [0.15, 0.2) is 12.1 Å². The Kier molecular flexibility index (Phi) is 6.38. The smallest absolute Gasteiger partial charge is 0.254 e. The van der Waals surface area contributed by atoms with E-state index in [1.165, 1.54) is 6.92 Å². The number of amides is 1. The van der Waals surface area contributed by atoms with Gasteiger partial charge in [0.25, 0.3) is 5.91 Å². The van der Waals surface area contributed by atoms with Gasteiger partial charge in [0.05, 0.1) is 18.8 Å². The lowest BCUT2D eigenvalue weighted by Gasteiger charge is -2.07. The van der Waals surface area contributed by atoms with Gasteiger partial charge in [0, 0.05) is 13.2 Å². The molecule has 0 aliphatic rings. The molecule has 1 aromatic carbocycles. The summed E-state index contributed by atoms with van der Waals surface area (Å²) in [6.45, 7) is 2.29.